The predicted molar refractivity (Wildman–Crippen MR) is 64.9 cm³/mol. The molecule has 0 radical (unpaired) electrons. The zero-order valence-corrected chi connectivity index (χ0v) is 10.2. The molecule has 1 rings (SSSR count). The van der Waals surface area contributed by atoms with Crippen molar-refractivity contribution < 1.29 is 0 Å². The summed E-state index contributed by atoms with van der Waals surface area (Å²) in [6.45, 7) is 10.0. The molecule has 0 spiro atoms. The zero-order chi connectivity index (χ0) is 11.3. The molecule has 15 heavy (non-hydrogen) atoms. The normalized spacial score (nSPS) is 13.9. The molecule has 1 N–H and O–H groups in total. The summed E-state index contributed by atoms with van der Waals surface area (Å²) < 4.78 is 0. The number of nitrogens with one attached hydrogen (secondary N) is 1. The summed E-state index contributed by atoms with van der Waals surface area (Å²) in [5.41, 5.74) is 1.63. The first kappa shape index (κ1) is 12.2. The van der Waals surface area contributed by atoms with Gasteiger partial charge in [-0.1, -0.05) is 26.8 Å². The minimum absolute atomic E-state index is 0.328. The first-order chi connectivity index (χ1) is 7.00. The van der Waals surface area contributed by atoms with Crippen LogP contribution in [0, 0.1) is 5.41 Å². The fourth-order valence-electron chi connectivity index (χ4n) is 1.29. The lowest BCUT2D eigenvalue weighted by atomic mass is 9.88. The van der Waals surface area contributed by atoms with E-state index in [0.29, 0.717) is 11.5 Å². The molecule has 1 atom stereocenters. The molecular formula is C13H22N2. The van der Waals surface area contributed by atoms with Gasteiger partial charge in [0.25, 0.3) is 0 Å². The standard InChI is InChI=1S/C13H22N2/c1-11(13(2,3)4)15-9-7-12-6-5-8-14-10-12/h5-6,8,10-11,15H,7,9H2,1-4H3. The van der Waals surface area contributed by atoms with Gasteiger partial charge in [-0.3, -0.25) is 4.98 Å². The van der Waals surface area contributed by atoms with E-state index >= 15 is 0 Å². The van der Waals surface area contributed by atoms with E-state index in [-0.39, 0.29) is 0 Å². The summed E-state index contributed by atoms with van der Waals surface area (Å²) in [5.74, 6) is 0. The van der Waals surface area contributed by atoms with E-state index in [1.54, 1.807) is 0 Å². The Balaban J connectivity index is 2.28. The number of hydrogen-bond donors (Lipinski definition) is 1. The number of nitrogens with zero attached hydrogens (tertiary/aromatic N) is 1. The summed E-state index contributed by atoms with van der Waals surface area (Å²) in [5, 5.41) is 3.54. The Morgan fingerprint density at radius 2 is 2.13 bits per heavy atom. The molecule has 1 unspecified atom stereocenters. The third-order valence-electron chi connectivity index (χ3n) is 2.89. The number of hydrogen-bond acceptors (Lipinski definition) is 2. The van der Waals surface area contributed by atoms with Crippen LogP contribution in [0.1, 0.15) is 33.3 Å². The van der Waals surface area contributed by atoms with Gasteiger partial charge in [-0.15, -0.1) is 0 Å². The minimum atomic E-state index is 0.328. The lowest BCUT2D eigenvalue weighted by Gasteiger charge is -2.28. The maximum Gasteiger partial charge on any atom is 0.0300 e. The first-order valence-electron chi connectivity index (χ1n) is 5.62. The van der Waals surface area contributed by atoms with Crippen molar-refractivity contribution in [2.24, 2.45) is 5.41 Å². The molecule has 1 aromatic heterocycles. The highest BCUT2D eigenvalue weighted by Crippen LogP contribution is 2.18. The molecule has 0 aliphatic rings. The lowest BCUT2D eigenvalue weighted by molar-refractivity contribution is 0.288. The van der Waals surface area contributed by atoms with E-state index in [1.807, 2.05) is 18.5 Å². The molecule has 84 valence electrons. The van der Waals surface area contributed by atoms with Crippen LogP contribution < -0.4 is 5.32 Å². The van der Waals surface area contributed by atoms with E-state index in [0.717, 1.165) is 13.0 Å². The summed E-state index contributed by atoms with van der Waals surface area (Å²) in [6, 6.07) is 4.65. The number of rotatable bonds is 4. The molecule has 1 aromatic rings. The van der Waals surface area contributed by atoms with Gasteiger partial charge in [0.2, 0.25) is 0 Å². The summed E-state index contributed by atoms with van der Waals surface area (Å²) in [7, 11) is 0. The molecule has 0 saturated heterocycles. The van der Waals surface area contributed by atoms with E-state index in [4.69, 9.17) is 0 Å². The third-order valence-corrected chi connectivity index (χ3v) is 2.89. The van der Waals surface area contributed by atoms with E-state index < -0.39 is 0 Å². The van der Waals surface area contributed by atoms with Gasteiger partial charge in [-0.2, -0.15) is 0 Å². The fraction of sp³-hybridized carbons (Fsp3) is 0.615. The van der Waals surface area contributed by atoms with Crippen LogP contribution in [0.2, 0.25) is 0 Å². The smallest absolute Gasteiger partial charge is 0.0300 e. The minimum Gasteiger partial charge on any atom is -0.313 e. The van der Waals surface area contributed by atoms with Crippen LogP contribution in [0.4, 0.5) is 0 Å². The molecule has 2 nitrogen and oxygen atoms in total. The molecule has 0 aliphatic heterocycles. The second-order valence-electron chi connectivity index (χ2n) is 5.15. The van der Waals surface area contributed by atoms with Crippen molar-refractivity contribution in [1.29, 1.82) is 0 Å². The summed E-state index contributed by atoms with van der Waals surface area (Å²) in [4.78, 5) is 4.10. The van der Waals surface area contributed by atoms with Gasteiger partial charge >= 0.3 is 0 Å². The highest BCUT2D eigenvalue weighted by atomic mass is 14.9. The first-order valence-corrected chi connectivity index (χ1v) is 5.62. The van der Waals surface area contributed by atoms with Gasteiger partial charge in [-0.05, 0) is 36.9 Å². The van der Waals surface area contributed by atoms with E-state index in [2.05, 4.69) is 44.1 Å². The average Bonchev–Trinajstić information content (AvgIpc) is 2.18. The Hall–Kier alpha value is -0.890. The second kappa shape index (κ2) is 5.26. The SMILES string of the molecule is CC(NCCc1cccnc1)C(C)(C)C. The zero-order valence-electron chi connectivity index (χ0n) is 10.2. The highest BCUT2D eigenvalue weighted by Gasteiger charge is 2.18. The average molecular weight is 206 g/mol. The van der Waals surface area contributed by atoms with Crippen LogP contribution >= 0.6 is 0 Å². The van der Waals surface area contributed by atoms with Crippen molar-refractivity contribution in [3.8, 4) is 0 Å². The van der Waals surface area contributed by atoms with Crippen molar-refractivity contribution in [3.63, 3.8) is 0 Å². The van der Waals surface area contributed by atoms with Gasteiger partial charge in [0.15, 0.2) is 0 Å². The molecule has 0 amide bonds. The van der Waals surface area contributed by atoms with Crippen LogP contribution in [0.3, 0.4) is 0 Å². The molecule has 1 heterocycles. The highest BCUT2D eigenvalue weighted by molar-refractivity contribution is 5.08. The molecule has 0 bridgehead atoms. The Morgan fingerprint density at radius 1 is 1.40 bits per heavy atom. The Morgan fingerprint density at radius 3 is 2.67 bits per heavy atom. The van der Waals surface area contributed by atoms with Gasteiger partial charge in [0.1, 0.15) is 0 Å². The maximum absolute atomic E-state index is 4.10. The van der Waals surface area contributed by atoms with Crippen LogP contribution in [0.5, 0.6) is 0 Å². The van der Waals surface area contributed by atoms with Crippen molar-refractivity contribution in [3.05, 3.63) is 30.1 Å². The molecular weight excluding hydrogens is 184 g/mol. The summed E-state index contributed by atoms with van der Waals surface area (Å²) >= 11 is 0. The van der Waals surface area contributed by atoms with Gasteiger partial charge in [0.05, 0.1) is 0 Å². The van der Waals surface area contributed by atoms with Crippen LogP contribution in [-0.4, -0.2) is 17.6 Å². The quantitative estimate of drug-likeness (QED) is 0.819. The third kappa shape index (κ3) is 4.43. The number of pyridine rings is 1. The molecule has 0 saturated carbocycles. The van der Waals surface area contributed by atoms with Gasteiger partial charge in [0, 0.05) is 18.4 Å². The Kier molecular flexibility index (Phi) is 4.28. The van der Waals surface area contributed by atoms with Gasteiger partial charge in [-0.25, -0.2) is 0 Å². The lowest BCUT2D eigenvalue weighted by Crippen LogP contribution is -2.38. The largest absolute Gasteiger partial charge is 0.313 e. The van der Waals surface area contributed by atoms with Crippen molar-refractivity contribution in [1.82, 2.24) is 10.3 Å². The second-order valence-corrected chi connectivity index (χ2v) is 5.15. The molecule has 2 heteroatoms. The number of aromatic nitrogens is 1. The Labute approximate surface area is 93.1 Å². The van der Waals surface area contributed by atoms with Crippen molar-refractivity contribution >= 4 is 0 Å². The van der Waals surface area contributed by atoms with Gasteiger partial charge < -0.3 is 5.32 Å². The van der Waals surface area contributed by atoms with E-state index in [9.17, 15) is 0 Å². The van der Waals surface area contributed by atoms with Crippen molar-refractivity contribution in [2.75, 3.05) is 6.54 Å². The van der Waals surface area contributed by atoms with Crippen LogP contribution in [0.15, 0.2) is 24.5 Å². The molecule has 0 aromatic carbocycles. The topological polar surface area (TPSA) is 24.9 Å². The van der Waals surface area contributed by atoms with E-state index in [1.165, 1.54) is 5.56 Å². The monoisotopic (exact) mass is 206 g/mol. The molecule has 0 aliphatic carbocycles. The Bertz CT molecular complexity index is 274. The maximum atomic E-state index is 4.10. The summed E-state index contributed by atoms with van der Waals surface area (Å²) in [6.07, 6.45) is 4.80. The van der Waals surface area contributed by atoms with Crippen molar-refractivity contribution in [2.45, 2.75) is 40.2 Å². The van der Waals surface area contributed by atoms with Crippen LogP contribution in [-0.2, 0) is 6.42 Å². The predicted octanol–water partition coefficient (Wildman–Crippen LogP) is 2.65. The molecule has 0 fully saturated rings. The van der Waals surface area contributed by atoms with Crippen LogP contribution in [0.25, 0.3) is 0 Å². The fourth-order valence-corrected chi connectivity index (χ4v) is 1.29.